The van der Waals surface area contributed by atoms with Crippen molar-refractivity contribution in [3.05, 3.63) is 109 Å². The molecule has 9 heteroatoms. The van der Waals surface area contributed by atoms with Gasteiger partial charge in [0.05, 0.1) is 11.9 Å². The Morgan fingerprint density at radius 1 is 0.850 bits per heavy atom. The van der Waals surface area contributed by atoms with Crippen molar-refractivity contribution in [2.24, 2.45) is 0 Å². The molecule has 0 saturated carbocycles. The number of hydrogen-bond donors (Lipinski definition) is 1. The topological polar surface area (TPSA) is 87.9 Å². The van der Waals surface area contributed by atoms with E-state index in [1.54, 1.807) is 12.4 Å². The number of fused-ring (bicyclic) bond motifs is 1. The van der Waals surface area contributed by atoms with Gasteiger partial charge in [-0.25, -0.2) is 15.0 Å². The molecule has 6 aromatic rings. The Hall–Kier alpha value is -4.76. The van der Waals surface area contributed by atoms with Gasteiger partial charge in [0.25, 0.3) is 0 Å². The van der Waals surface area contributed by atoms with Crippen molar-refractivity contribution >= 4 is 5.78 Å². The Bertz CT molecular complexity index is 1740. The van der Waals surface area contributed by atoms with Crippen LogP contribution in [-0.4, -0.2) is 52.5 Å². The standard InChI is InChI=1S/C31H27FN8/c32-27-18-34-31-35-28(25(20-40(27)31)22-6-2-1-3-7-22)23-11-9-21(10-12-23)19-39-16-13-24(14-17-39)29-36-30(38-37-29)26-8-4-5-15-33-26/h1-12,15,18,20,24H,13-14,16-17,19H2,(H,36,37,38). The van der Waals surface area contributed by atoms with E-state index in [1.807, 2.05) is 48.5 Å². The first-order chi connectivity index (χ1) is 19.7. The van der Waals surface area contributed by atoms with Crippen molar-refractivity contribution in [1.29, 1.82) is 0 Å². The lowest BCUT2D eigenvalue weighted by Crippen LogP contribution is -2.32. The van der Waals surface area contributed by atoms with E-state index in [0.29, 0.717) is 17.5 Å². The van der Waals surface area contributed by atoms with Crippen LogP contribution in [0, 0.1) is 5.95 Å². The van der Waals surface area contributed by atoms with Crippen molar-refractivity contribution in [2.45, 2.75) is 25.3 Å². The molecular formula is C31H27FN8. The number of nitrogens with one attached hydrogen (secondary N) is 1. The van der Waals surface area contributed by atoms with Crippen LogP contribution >= 0.6 is 0 Å². The van der Waals surface area contributed by atoms with Crippen LogP contribution in [-0.2, 0) is 6.54 Å². The van der Waals surface area contributed by atoms with E-state index in [-0.39, 0.29) is 0 Å². The second kappa shape index (κ2) is 10.4. The van der Waals surface area contributed by atoms with Crippen molar-refractivity contribution in [2.75, 3.05) is 13.1 Å². The van der Waals surface area contributed by atoms with E-state index in [4.69, 9.17) is 9.97 Å². The molecule has 0 atom stereocenters. The number of rotatable bonds is 6. The van der Waals surface area contributed by atoms with Gasteiger partial charge in [-0.3, -0.25) is 19.4 Å². The lowest BCUT2D eigenvalue weighted by atomic mass is 9.95. The minimum Gasteiger partial charge on any atom is -0.299 e. The van der Waals surface area contributed by atoms with Gasteiger partial charge in [-0.05, 0) is 49.2 Å². The zero-order valence-corrected chi connectivity index (χ0v) is 21.8. The van der Waals surface area contributed by atoms with Crippen molar-refractivity contribution in [3.8, 4) is 33.9 Å². The number of nitrogens with zero attached hydrogens (tertiary/aromatic N) is 7. The first kappa shape index (κ1) is 24.3. The van der Waals surface area contributed by atoms with Gasteiger partial charge in [-0.15, -0.1) is 0 Å². The molecule has 1 aliphatic heterocycles. The molecule has 7 rings (SSSR count). The van der Waals surface area contributed by atoms with Crippen LogP contribution < -0.4 is 0 Å². The summed E-state index contributed by atoms with van der Waals surface area (Å²) in [6.07, 6.45) is 6.80. The van der Waals surface area contributed by atoms with E-state index in [0.717, 1.165) is 66.4 Å². The maximum atomic E-state index is 14.3. The number of aromatic nitrogens is 7. The van der Waals surface area contributed by atoms with Crippen LogP contribution in [0.25, 0.3) is 39.7 Å². The molecule has 1 saturated heterocycles. The van der Waals surface area contributed by atoms with Crippen LogP contribution in [0.2, 0.25) is 0 Å². The highest BCUT2D eigenvalue weighted by Gasteiger charge is 2.24. The van der Waals surface area contributed by atoms with E-state index in [2.05, 4.69) is 49.3 Å². The molecule has 8 nitrogen and oxygen atoms in total. The number of imidazole rings is 1. The Morgan fingerprint density at radius 2 is 1.65 bits per heavy atom. The molecule has 1 fully saturated rings. The first-order valence-electron chi connectivity index (χ1n) is 13.5. The number of H-pyrrole nitrogens is 1. The number of pyridine rings is 1. The van der Waals surface area contributed by atoms with E-state index < -0.39 is 5.95 Å². The molecule has 1 N–H and O–H groups in total. The van der Waals surface area contributed by atoms with E-state index in [9.17, 15) is 4.39 Å². The smallest absolute Gasteiger partial charge is 0.236 e. The SMILES string of the molecule is Fc1cnc2nc(-c3ccc(CN4CCC(c5nc(-c6ccccn6)n[nH]5)CC4)cc3)c(-c3ccccc3)cn12. The van der Waals surface area contributed by atoms with Gasteiger partial charge in [-0.2, -0.15) is 9.49 Å². The zero-order chi connectivity index (χ0) is 26.9. The summed E-state index contributed by atoms with van der Waals surface area (Å²) in [5.41, 5.74) is 5.63. The molecule has 198 valence electrons. The number of hydrogen-bond acceptors (Lipinski definition) is 6. The highest BCUT2D eigenvalue weighted by molar-refractivity contribution is 5.81. The number of likely N-dealkylation sites (tertiary alicyclic amines) is 1. The van der Waals surface area contributed by atoms with Crippen LogP contribution in [0.5, 0.6) is 0 Å². The molecule has 5 heterocycles. The molecule has 0 amide bonds. The fourth-order valence-corrected chi connectivity index (χ4v) is 5.39. The molecule has 0 unspecified atom stereocenters. The fourth-order valence-electron chi connectivity index (χ4n) is 5.39. The van der Waals surface area contributed by atoms with Crippen LogP contribution in [0.3, 0.4) is 0 Å². The quantitative estimate of drug-likeness (QED) is 0.295. The lowest BCUT2D eigenvalue weighted by Gasteiger charge is -2.31. The summed E-state index contributed by atoms with van der Waals surface area (Å²) in [5, 5.41) is 7.52. The maximum Gasteiger partial charge on any atom is 0.236 e. The Morgan fingerprint density at radius 3 is 2.42 bits per heavy atom. The van der Waals surface area contributed by atoms with Gasteiger partial charge >= 0.3 is 0 Å². The number of piperidine rings is 1. The summed E-state index contributed by atoms with van der Waals surface area (Å²) >= 11 is 0. The largest absolute Gasteiger partial charge is 0.299 e. The Balaban J connectivity index is 1.05. The maximum absolute atomic E-state index is 14.3. The minimum atomic E-state index is -0.428. The Labute approximate surface area is 230 Å². The van der Waals surface area contributed by atoms with E-state index >= 15 is 0 Å². The summed E-state index contributed by atoms with van der Waals surface area (Å²) in [5.74, 6) is 1.88. The van der Waals surface area contributed by atoms with Gasteiger partial charge in [0.1, 0.15) is 11.5 Å². The highest BCUT2D eigenvalue weighted by atomic mass is 19.1. The van der Waals surface area contributed by atoms with Crippen LogP contribution in [0.4, 0.5) is 4.39 Å². The molecular weight excluding hydrogens is 503 g/mol. The van der Waals surface area contributed by atoms with Crippen LogP contribution in [0.1, 0.15) is 30.1 Å². The van der Waals surface area contributed by atoms with Gasteiger partial charge in [0.15, 0.2) is 5.82 Å². The highest BCUT2D eigenvalue weighted by Crippen LogP contribution is 2.32. The van der Waals surface area contributed by atoms with E-state index in [1.165, 1.54) is 16.2 Å². The Kier molecular flexibility index (Phi) is 6.33. The molecule has 1 aliphatic rings. The summed E-state index contributed by atoms with van der Waals surface area (Å²) in [6, 6.07) is 24.2. The molecule has 0 spiro atoms. The average molecular weight is 531 g/mol. The fraction of sp³-hybridized carbons (Fsp3) is 0.194. The zero-order valence-electron chi connectivity index (χ0n) is 21.8. The normalized spacial score (nSPS) is 14.6. The van der Waals surface area contributed by atoms with Crippen molar-refractivity contribution < 1.29 is 4.39 Å². The molecule has 0 aliphatic carbocycles. The predicted octanol–water partition coefficient (Wildman–Crippen LogP) is 5.76. The molecule has 40 heavy (non-hydrogen) atoms. The number of halogens is 1. The van der Waals surface area contributed by atoms with Gasteiger partial charge in [-0.1, -0.05) is 60.7 Å². The molecule has 0 radical (unpaired) electrons. The molecule has 2 aromatic carbocycles. The van der Waals surface area contributed by atoms with Crippen LogP contribution in [0.15, 0.2) is 91.4 Å². The number of benzene rings is 2. The first-order valence-corrected chi connectivity index (χ1v) is 13.5. The third kappa shape index (κ3) is 4.76. The summed E-state index contributed by atoms with van der Waals surface area (Å²) < 4.78 is 15.7. The van der Waals surface area contributed by atoms with Crippen molar-refractivity contribution in [1.82, 2.24) is 39.4 Å². The summed E-state index contributed by atoms with van der Waals surface area (Å²) in [6.45, 7) is 2.87. The molecule has 4 aromatic heterocycles. The van der Waals surface area contributed by atoms with Crippen molar-refractivity contribution in [3.63, 3.8) is 0 Å². The van der Waals surface area contributed by atoms with Gasteiger partial charge in [0, 0.05) is 36.0 Å². The predicted molar refractivity (Wildman–Crippen MR) is 151 cm³/mol. The van der Waals surface area contributed by atoms with Gasteiger partial charge in [0.2, 0.25) is 11.7 Å². The van der Waals surface area contributed by atoms with Gasteiger partial charge < -0.3 is 0 Å². The minimum absolute atomic E-state index is 0.345. The second-order valence-corrected chi connectivity index (χ2v) is 10.1. The third-order valence-electron chi connectivity index (χ3n) is 7.55. The lowest BCUT2D eigenvalue weighted by molar-refractivity contribution is 0.202. The second-order valence-electron chi connectivity index (χ2n) is 10.1. The summed E-state index contributed by atoms with van der Waals surface area (Å²) in [7, 11) is 0. The monoisotopic (exact) mass is 530 g/mol. The summed E-state index contributed by atoms with van der Waals surface area (Å²) in [4.78, 5) is 20.4. The number of aromatic amines is 1. The third-order valence-corrected chi connectivity index (χ3v) is 7.55. The molecule has 0 bridgehead atoms. The average Bonchev–Trinajstić information content (AvgIpc) is 3.65.